The highest BCUT2D eigenvalue weighted by atomic mass is 16.6. The number of aromatic nitrogens is 4. The molecule has 3 heterocycles. The summed E-state index contributed by atoms with van der Waals surface area (Å²) in [6.07, 6.45) is -0.979. The van der Waals surface area contributed by atoms with E-state index in [0.717, 1.165) is 11.1 Å². The van der Waals surface area contributed by atoms with Crippen molar-refractivity contribution in [3.8, 4) is 0 Å². The minimum Gasteiger partial charge on any atom is -0.387 e. The average Bonchev–Trinajstić information content (AvgIpc) is 3.44. The molecule has 4 atom stereocenters. The number of aliphatic hydroxyl groups excluding tert-OH is 2. The SMILES string of the molecule is O=C(Cc1ccccc1)NCC1OC(n2cnc3c(NCc4ccccc4)ncnc32)C(O)C1O. The molecule has 0 aliphatic carbocycles. The van der Waals surface area contributed by atoms with Crippen molar-refractivity contribution in [3.63, 3.8) is 0 Å². The topological polar surface area (TPSA) is 134 Å². The number of imidazole rings is 1. The van der Waals surface area contributed by atoms with Gasteiger partial charge < -0.3 is 25.6 Å². The Morgan fingerprint density at radius 2 is 1.66 bits per heavy atom. The number of aliphatic hydroxyl groups is 2. The predicted molar refractivity (Wildman–Crippen MR) is 128 cm³/mol. The van der Waals surface area contributed by atoms with Gasteiger partial charge in [-0.05, 0) is 11.1 Å². The second kappa shape index (κ2) is 10.2. The molecule has 10 nitrogen and oxygen atoms in total. The first-order valence-electron chi connectivity index (χ1n) is 11.4. The molecule has 10 heteroatoms. The van der Waals surface area contributed by atoms with Gasteiger partial charge in [0.25, 0.3) is 0 Å². The van der Waals surface area contributed by atoms with Gasteiger partial charge in [0, 0.05) is 13.1 Å². The molecule has 0 saturated carbocycles. The minimum absolute atomic E-state index is 0.0614. The van der Waals surface area contributed by atoms with E-state index in [2.05, 4.69) is 25.6 Å². The lowest BCUT2D eigenvalue weighted by Gasteiger charge is -2.16. The normalized spacial score (nSPS) is 21.8. The van der Waals surface area contributed by atoms with Crippen molar-refractivity contribution in [1.82, 2.24) is 24.8 Å². The van der Waals surface area contributed by atoms with E-state index < -0.39 is 24.5 Å². The van der Waals surface area contributed by atoms with Crippen molar-refractivity contribution in [3.05, 3.63) is 84.4 Å². The van der Waals surface area contributed by atoms with Crippen LogP contribution in [0.4, 0.5) is 5.82 Å². The van der Waals surface area contributed by atoms with Crippen molar-refractivity contribution >= 4 is 22.9 Å². The Kier molecular flexibility index (Phi) is 6.66. The van der Waals surface area contributed by atoms with Gasteiger partial charge in [-0.3, -0.25) is 9.36 Å². The summed E-state index contributed by atoms with van der Waals surface area (Å²) >= 11 is 0. The molecule has 4 aromatic rings. The largest absolute Gasteiger partial charge is 0.387 e. The molecule has 1 saturated heterocycles. The summed E-state index contributed by atoms with van der Waals surface area (Å²) in [5.74, 6) is 0.357. The number of ether oxygens (including phenoxy) is 1. The van der Waals surface area contributed by atoms with Gasteiger partial charge in [-0.2, -0.15) is 0 Å². The third-order valence-electron chi connectivity index (χ3n) is 5.98. The molecule has 1 aliphatic rings. The quantitative estimate of drug-likeness (QED) is 0.301. The van der Waals surface area contributed by atoms with Crippen LogP contribution in [0.25, 0.3) is 11.2 Å². The molecule has 2 aromatic heterocycles. The minimum atomic E-state index is -1.22. The van der Waals surface area contributed by atoms with Crippen LogP contribution in [-0.2, 0) is 22.5 Å². The monoisotopic (exact) mass is 474 g/mol. The van der Waals surface area contributed by atoms with Gasteiger partial charge in [0.2, 0.25) is 5.91 Å². The highest BCUT2D eigenvalue weighted by Gasteiger charge is 2.44. The maximum absolute atomic E-state index is 12.3. The third-order valence-corrected chi connectivity index (χ3v) is 5.98. The van der Waals surface area contributed by atoms with Gasteiger partial charge in [-0.15, -0.1) is 0 Å². The number of carbonyl (C=O) groups is 1. The van der Waals surface area contributed by atoms with Crippen molar-refractivity contribution in [2.45, 2.75) is 37.5 Å². The summed E-state index contributed by atoms with van der Waals surface area (Å²) in [5, 5.41) is 27.3. The number of nitrogens with zero attached hydrogens (tertiary/aromatic N) is 4. The summed E-state index contributed by atoms with van der Waals surface area (Å²) in [6.45, 7) is 0.623. The molecule has 180 valence electrons. The molecule has 5 rings (SSSR count). The average molecular weight is 475 g/mol. The molecule has 2 aromatic carbocycles. The number of fused-ring (bicyclic) bond motifs is 1. The van der Waals surface area contributed by atoms with Crippen LogP contribution in [0, 0.1) is 0 Å². The third kappa shape index (κ3) is 4.99. The Balaban J connectivity index is 1.26. The highest BCUT2D eigenvalue weighted by Crippen LogP contribution is 2.32. The second-order valence-electron chi connectivity index (χ2n) is 8.40. The zero-order valence-corrected chi connectivity index (χ0v) is 18.9. The van der Waals surface area contributed by atoms with Gasteiger partial charge in [-0.25, -0.2) is 15.0 Å². The molecule has 0 bridgehead atoms. The van der Waals surface area contributed by atoms with Crippen LogP contribution < -0.4 is 10.6 Å². The van der Waals surface area contributed by atoms with Crippen molar-refractivity contribution in [1.29, 1.82) is 0 Å². The van der Waals surface area contributed by atoms with E-state index in [1.807, 2.05) is 60.7 Å². The molecule has 0 spiro atoms. The Labute approximate surface area is 201 Å². The molecule has 4 N–H and O–H groups in total. The fourth-order valence-electron chi connectivity index (χ4n) is 4.14. The van der Waals surface area contributed by atoms with E-state index in [-0.39, 0.29) is 18.9 Å². The van der Waals surface area contributed by atoms with E-state index >= 15 is 0 Å². The van der Waals surface area contributed by atoms with Gasteiger partial charge in [0.05, 0.1) is 12.7 Å². The van der Waals surface area contributed by atoms with Crippen LogP contribution in [0.15, 0.2) is 73.3 Å². The summed E-state index contributed by atoms with van der Waals surface area (Å²) < 4.78 is 7.51. The Hall–Kier alpha value is -3.86. The molecule has 4 unspecified atom stereocenters. The van der Waals surface area contributed by atoms with Crippen LogP contribution >= 0.6 is 0 Å². The lowest BCUT2D eigenvalue weighted by atomic mass is 10.1. The standard InChI is InChI=1S/C25H26N6O4/c32-19(11-16-7-3-1-4-8-16)26-13-18-21(33)22(34)25(35-18)31-15-30-20-23(28-14-29-24(20)31)27-12-17-9-5-2-6-10-17/h1-10,14-15,18,21-22,25,33-34H,11-13H2,(H,26,32)(H,27,28,29). The second-order valence-corrected chi connectivity index (χ2v) is 8.40. The fraction of sp³-hybridized carbons (Fsp3) is 0.280. The first-order valence-corrected chi connectivity index (χ1v) is 11.4. The van der Waals surface area contributed by atoms with Crippen LogP contribution in [0.3, 0.4) is 0 Å². The van der Waals surface area contributed by atoms with Crippen molar-refractivity contribution in [2.75, 3.05) is 11.9 Å². The number of rotatable bonds is 8. The number of benzene rings is 2. The number of hydrogen-bond acceptors (Lipinski definition) is 8. The molecular weight excluding hydrogens is 448 g/mol. The van der Waals surface area contributed by atoms with Crippen LogP contribution in [0.5, 0.6) is 0 Å². The van der Waals surface area contributed by atoms with E-state index in [1.165, 1.54) is 12.7 Å². The number of carbonyl (C=O) groups excluding carboxylic acids is 1. The molecule has 0 radical (unpaired) electrons. The number of hydrogen-bond donors (Lipinski definition) is 4. The van der Waals surface area contributed by atoms with E-state index in [0.29, 0.717) is 23.5 Å². The van der Waals surface area contributed by atoms with Crippen LogP contribution in [-0.4, -0.2) is 60.5 Å². The van der Waals surface area contributed by atoms with Crippen molar-refractivity contribution < 1.29 is 19.7 Å². The zero-order chi connectivity index (χ0) is 24.2. The lowest BCUT2D eigenvalue weighted by Crippen LogP contribution is -2.40. The molecule has 1 aliphatic heterocycles. The van der Waals surface area contributed by atoms with Gasteiger partial charge in [0.1, 0.15) is 24.6 Å². The first-order chi connectivity index (χ1) is 17.1. The number of amides is 1. The molecule has 1 fully saturated rings. The van der Waals surface area contributed by atoms with Gasteiger partial charge in [-0.1, -0.05) is 60.7 Å². The van der Waals surface area contributed by atoms with Crippen LogP contribution in [0.1, 0.15) is 17.4 Å². The zero-order valence-electron chi connectivity index (χ0n) is 18.9. The molecule has 1 amide bonds. The maximum Gasteiger partial charge on any atom is 0.224 e. The number of anilines is 1. The predicted octanol–water partition coefficient (Wildman–Crippen LogP) is 1.42. The summed E-state index contributed by atoms with van der Waals surface area (Å²) in [7, 11) is 0. The molecule has 35 heavy (non-hydrogen) atoms. The fourth-order valence-corrected chi connectivity index (χ4v) is 4.14. The summed E-state index contributed by atoms with van der Waals surface area (Å²) in [6, 6.07) is 19.3. The smallest absolute Gasteiger partial charge is 0.224 e. The van der Waals surface area contributed by atoms with E-state index in [4.69, 9.17) is 4.74 Å². The summed E-state index contributed by atoms with van der Waals surface area (Å²) in [5.41, 5.74) is 2.96. The molecular formula is C25H26N6O4. The Morgan fingerprint density at radius 3 is 2.40 bits per heavy atom. The van der Waals surface area contributed by atoms with Gasteiger partial charge >= 0.3 is 0 Å². The number of nitrogens with one attached hydrogen (secondary N) is 2. The van der Waals surface area contributed by atoms with E-state index in [1.54, 1.807) is 4.57 Å². The Morgan fingerprint density at radius 1 is 0.943 bits per heavy atom. The summed E-state index contributed by atoms with van der Waals surface area (Å²) in [4.78, 5) is 25.3. The Bertz CT molecular complexity index is 1280. The van der Waals surface area contributed by atoms with Gasteiger partial charge in [0.15, 0.2) is 23.2 Å². The van der Waals surface area contributed by atoms with E-state index in [9.17, 15) is 15.0 Å². The van der Waals surface area contributed by atoms with Crippen molar-refractivity contribution in [2.24, 2.45) is 0 Å². The first kappa shape index (κ1) is 22.9. The highest BCUT2D eigenvalue weighted by molar-refractivity contribution is 5.82. The van der Waals surface area contributed by atoms with Crippen LogP contribution in [0.2, 0.25) is 0 Å². The lowest BCUT2D eigenvalue weighted by molar-refractivity contribution is -0.121. The maximum atomic E-state index is 12.3.